The molecule has 2 nitrogen and oxygen atoms in total. The van der Waals surface area contributed by atoms with Crippen molar-refractivity contribution in [3.8, 4) is 22.3 Å². The maximum atomic E-state index is 2.70. The first-order valence-corrected chi connectivity index (χ1v) is 21.9. The lowest BCUT2D eigenvalue weighted by Gasteiger charge is -2.46. The monoisotopic (exact) mass is 776 g/mol. The van der Waals surface area contributed by atoms with Gasteiger partial charge in [0.2, 0.25) is 0 Å². The smallest absolute Gasteiger partial charge is 0.333 e. The lowest BCUT2D eigenvalue weighted by molar-refractivity contribution is 0.590. The van der Waals surface area contributed by atoms with Gasteiger partial charge in [0.05, 0.1) is 0 Å². The molecule has 2 aliphatic heterocycles. The van der Waals surface area contributed by atoms with E-state index in [1.165, 1.54) is 120 Å². The molecule has 0 spiro atoms. The van der Waals surface area contributed by atoms with Crippen LogP contribution in [0.25, 0.3) is 53.2 Å². The third-order valence-electron chi connectivity index (χ3n) is 13.7. The Bertz CT molecular complexity index is 3290. The van der Waals surface area contributed by atoms with E-state index in [4.69, 9.17) is 0 Å². The molecular weight excluding hydrogens is 731 g/mol. The summed E-state index contributed by atoms with van der Waals surface area (Å²) < 4.78 is 2.65. The molecule has 0 N–H and O–H groups in total. The standard InChI is InChI=1S/C55H45BN2S/c1-32-24-43-41-27-34-14-8-9-15-35(34)28-48(41)58(37-21-22-39-38-16-10-12-18-44(38)55(6,7)45(39)29-37)56-46-30-42-40-17-11-13-19-51(40)59-52(42)31-49(46)57(50(25-32)53(43)56)47-23-20-36(26-33(47)2)54(3,4)5/h8-31H,1-7H3. The number of anilines is 5. The molecule has 0 fully saturated rings. The highest BCUT2D eigenvalue weighted by molar-refractivity contribution is 7.26. The second kappa shape index (κ2) is 12.0. The maximum absolute atomic E-state index is 2.70. The number of benzene rings is 8. The number of rotatable bonds is 2. The van der Waals surface area contributed by atoms with Crippen LogP contribution in [0.2, 0.25) is 0 Å². The zero-order valence-corrected chi connectivity index (χ0v) is 35.6. The molecule has 0 bridgehead atoms. The molecule has 59 heavy (non-hydrogen) atoms. The van der Waals surface area contributed by atoms with Gasteiger partial charge < -0.3 is 9.71 Å². The van der Waals surface area contributed by atoms with Crippen LogP contribution < -0.4 is 20.6 Å². The summed E-state index contributed by atoms with van der Waals surface area (Å²) in [6, 6.07) is 56.2. The Labute approximate surface area is 351 Å². The molecule has 1 aliphatic carbocycles. The Morgan fingerprint density at radius 1 is 0.542 bits per heavy atom. The van der Waals surface area contributed by atoms with Crippen LogP contribution in [-0.2, 0) is 10.8 Å². The molecule has 3 aliphatic rings. The highest BCUT2D eigenvalue weighted by Gasteiger charge is 2.46. The van der Waals surface area contributed by atoms with E-state index in [0.29, 0.717) is 0 Å². The average molecular weight is 777 g/mol. The summed E-state index contributed by atoms with van der Waals surface area (Å²) in [7, 11) is 0. The fourth-order valence-electron chi connectivity index (χ4n) is 10.8. The van der Waals surface area contributed by atoms with E-state index in [9.17, 15) is 0 Å². The predicted octanol–water partition coefficient (Wildman–Crippen LogP) is 14.1. The van der Waals surface area contributed by atoms with Crippen LogP contribution in [0, 0.1) is 13.8 Å². The average Bonchev–Trinajstić information content (AvgIpc) is 3.70. The second-order valence-electron chi connectivity index (χ2n) is 18.7. The maximum Gasteiger partial charge on any atom is 0.333 e. The first-order chi connectivity index (χ1) is 28.5. The van der Waals surface area contributed by atoms with Gasteiger partial charge in [0, 0.05) is 59.6 Å². The summed E-state index contributed by atoms with van der Waals surface area (Å²) in [4.78, 5) is 5.31. The van der Waals surface area contributed by atoms with E-state index in [2.05, 4.69) is 204 Å². The molecule has 4 heteroatoms. The van der Waals surface area contributed by atoms with E-state index < -0.39 is 0 Å². The zero-order chi connectivity index (χ0) is 40.1. The molecular formula is C55H45BN2S. The summed E-state index contributed by atoms with van der Waals surface area (Å²) in [6.45, 7) is 16.2. The second-order valence-corrected chi connectivity index (χ2v) is 19.8. The van der Waals surface area contributed by atoms with Gasteiger partial charge in [-0.3, -0.25) is 0 Å². The number of thiophene rings is 1. The highest BCUT2D eigenvalue weighted by Crippen LogP contribution is 2.53. The summed E-state index contributed by atoms with van der Waals surface area (Å²) in [5.41, 5.74) is 20.9. The van der Waals surface area contributed by atoms with Gasteiger partial charge in [-0.05, 0) is 134 Å². The van der Waals surface area contributed by atoms with E-state index in [0.717, 1.165) is 0 Å². The van der Waals surface area contributed by atoms with Crippen molar-refractivity contribution in [3.05, 3.63) is 173 Å². The zero-order valence-electron chi connectivity index (χ0n) is 34.7. The van der Waals surface area contributed by atoms with Crippen LogP contribution in [0.4, 0.5) is 28.4 Å². The van der Waals surface area contributed by atoms with Crippen LogP contribution in [-0.4, -0.2) is 6.85 Å². The van der Waals surface area contributed by atoms with Gasteiger partial charge in [-0.15, -0.1) is 11.3 Å². The van der Waals surface area contributed by atoms with Crippen molar-refractivity contribution in [3.63, 3.8) is 0 Å². The molecule has 9 aromatic rings. The lowest BCUT2D eigenvalue weighted by atomic mass is 9.43. The van der Waals surface area contributed by atoms with E-state index in [1.807, 2.05) is 11.3 Å². The Morgan fingerprint density at radius 3 is 2.10 bits per heavy atom. The fourth-order valence-corrected chi connectivity index (χ4v) is 11.9. The van der Waals surface area contributed by atoms with Crippen LogP contribution in [0.15, 0.2) is 146 Å². The molecule has 0 radical (unpaired) electrons. The van der Waals surface area contributed by atoms with Gasteiger partial charge in [-0.2, -0.15) is 0 Å². The molecule has 3 heterocycles. The van der Waals surface area contributed by atoms with Gasteiger partial charge in [-0.25, -0.2) is 0 Å². The SMILES string of the molecule is Cc1cc2c3c(c1)N(c1ccc(C(C)(C)C)cc1C)c1cc4sc5ccccc5c4cc1B3N(c1ccc3c(c1)C(C)(C)c1ccccc1-3)c1cc3ccccc3cc1-2. The third kappa shape index (κ3) is 4.87. The molecule has 8 aromatic carbocycles. The van der Waals surface area contributed by atoms with Crippen LogP contribution in [0.1, 0.15) is 62.4 Å². The van der Waals surface area contributed by atoms with Gasteiger partial charge in [0.15, 0.2) is 0 Å². The molecule has 0 unspecified atom stereocenters. The fraction of sp³-hybridized carbons (Fsp3) is 0.164. The number of fused-ring (bicyclic) bond motifs is 11. The van der Waals surface area contributed by atoms with Crippen molar-refractivity contribution >= 4 is 88.5 Å². The van der Waals surface area contributed by atoms with Crippen molar-refractivity contribution in [1.29, 1.82) is 0 Å². The summed E-state index contributed by atoms with van der Waals surface area (Å²) in [5, 5.41) is 5.18. The number of nitrogens with zero attached hydrogens (tertiary/aromatic N) is 2. The third-order valence-corrected chi connectivity index (χ3v) is 14.8. The molecule has 12 rings (SSSR count). The largest absolute Gasteiger partial charge is 0.376 e. The summed E-state index contributed by atoms with van der Waals surface area (Å²) in [5.74, 6) is 0. The number of hydrogen-bond donors (Lipinski definition) is 0. The van der Waals surface area contributed by atoms with E-state index in [-0.39, 0.29) is 17.7 Å². The summed E-state index contributed by atoms with van der Waals surface area (Å²) >= 11 is 1.91. The molecule has 0 amide bonds. The Balaban J connectivity index is 1.20. The molecule has 284 valence electrons. The lowest BCUT2D eigenvalue weighted by Crippen LogP contribution is -2.61. The highest BCUT2D eigenvalue weighted by atomic mass is 32.1. The number of aryl methyl sites for hydroxylation is 2. The Morgan fingerprint density at radius 2 is 1.29 bits per heavy atom. The van der Waals surface area contributed by atoms with Crippen molar-refractivity contribution in [2.45, 2.75) is 59.3 Å². The molecule has 0 saturated carbocycles. The van der Waals surface area contributed by atoms with Gasteiger partial charge >= 0.3 is 6.85 Å². The molecule has 0 atom stereocenters. The first-order valence-electron chi connectivity index (χ1n) is 21.0. The van der Waals surface area contributed by atoms with Gasteiger partial charge in [-0.1, -0.05) is 132 Å². The summed E-state index contributed by atoms with van der Waals surface area (Å²) in [6.07, 6.45) is 0. The van der Waals surface area contributed by atoms with E-state index in [1.54, 1.807) is 0 Å². The first kappa shape index (κ1) is 34.9. The van der Waals surface area contributed by atoms with Gasteiger partial charge in [0.1, 0.15) is 0 Å². The van der Waals surface area contributed by atoms with Crippen LogP contribution in [0.5, 0.6) is 0 Å². The molecule has 1 aromatic heterocycles. The quantitative estimate of drug-likeness (QED) is 0.161. The topological polar surface area (TPSA) is 6.48 Å². The minimum atomic E-state index is -0.121. The van der Waals surface area contributed by atoms with Crippen LogP contribution >= 0.6 is 11.3 Å². The predicted molar refractivity (Wildman–Crippen MR) is 256 cm³/mol. The van der Waals surface area contributed by atoms with Crippen molar-refractivity contribution in [2.24, 2.45) is 0 Å². The Kier molecular flexibility index (Phi) is 7.09. The normalized spacial score (nSPS) is 14.7. The van der Waals surface area contributed by atoms with Crippen molar-refractivity contribution < 1.29 is 0 Å². The minimum Gasteiger partial charge on any atom is -0.376 e. The number of hydrogen-bond acceptors (Lipinski definition) is 3. The van der Waals surface area contributed by atoms with Crippen molar-refractivity contribution in [2.75, 3.05) is 9.71 Å². The molecule has 0 saturated heterocycles. The minimum absolute atomic E-state index is 0.0543. The van der Waals surface area contributed by atoms with E-state index >= 15 is 0 Å². The van der Waals surface area contributed by atoms with Gasteiger partial charge in [0.25, 0.3) is 0 Å². The van der Waals surface area contributed by atoms with Crippen molar-refractivity contribution in [1.82, 2.24) is 0 Å². The van der Waals surface area contributed by atoms with Crippen LogP contribution in [0.3, 0.4) is 0 Å². The Hall–Kier alpha value is -6.10.